The van der Waals surface area contributed by atoms with Gasteiger partial charge in [0.15, 0.2) is 0 Å². The Balaban J connectivity index is 2.20. The van der Waals surface area contributed by atoms with Crippen molar-refractivity contribution in [2.75, 3.05) is 12.4 Å². The molecular formula is C18H16FNO5. The fraction of sp³-hybridized carbons (Fsp3) is 0.167. The molecule has 2 aromatic carbocycles. The first-order chi connectivity index (χ1) is 11.9. The van der Waals surface area contributed by atoms with E-state index in [1.807, 2.05) is 0 Å². The number of hydrogen-bond acceptors (Lipinski definition) is 4. The average Bonchev–Trinajstić information content (AvgIpc) is 2.59. The minimum absolute atomic E-state index is 0.0242. The molecule has 0 saturated carbocycles. The van der Waals surface area contributed by atoms with Gasteiger partial charge in [-0.2, -0.15) is 0 Å². The van der Waals surface area contributed by atoms with Gasteiger partial charge in [-0.1, -0.05) is 30.3 Å². The Bertz CT molecular complexity index is 791. The highest BCUT2D eigenvalue weighted by Crippen LogP contribution is 2.23. The zero-order valence-corrected chi connectivity index (χ0v) is 13.4. The summed E-state index contributed by atoms with van der Waals surface area (Å²) in [7, 11) is 1.16. The number of carbonyl (C=O) groups is 3. The Morgan fingerprint density at radius 1 is 1.16 bits per heavy atom. The number of rotatable bonds is 6. The quantitative estimate of drug-likeness (QED) is 0.786. The molecule has 0 radical (unpaired) electrons. The summed E-state index contributed by atoms with van der Waals surface area (Å²) in [6, 6.07) is 11.5. The van der Waals surface area contributed by atoms with Crippen LogP contribution in [-0.4, -0.2) is 30.1 Å². The first-order valence-corrected chi connectivity index (χ1v) is 7.38. The van der Waals surface area contributed by atoms with Crippen molar-refractivity contribution in [3.8, 4) is 0 Å². The third-order valence-corrected chi connectivity index (χ3v) is 3.55. The molecule has 0 unspecified atom stereocenters. The topological polar surface area (TPSA) is 92.7 Å². The third kappa shape index (κ3) is 4.63. The second-order valence-electron chi connectivity index (χ2n) is 5.24. The van der Waals surface area contributed by atoms with Crippen LogP contribution in [-0.2, 0) is 14.3 Å². The van der Waals surface area contributed by atoms with Gasteiger partial charge in [0, 0.05) is 6.42 Å². The predicted molar refractivity (Wildman–Crippen MR) is 87.8 cm³/mol. The fourth-order valence-corrected chi connectivity index (χ4v) is 2.33. The largest absolute Gasteiger partial charge is 0.481 e. The van der Waals surface area contributed by atoms with E-state index in [4.69, 9.17) is 0 Å². The standard InChI is InChI=1S/C18H16FNO5/c1-25-18(24)13-8-7-12(19)9-15(13)20-16(21)10-14(17(22)23)11-5-3-2-4-6-11/h2-9,14H,10H2,1H3,(H,20,21)(H,22,23)/t14-/m0/s1. The Kier molecular flexibility index (Phi) is 5.84. The lowest BCUT2D eigenvalue weighted by Gasteiger charge is -2.14. The number of anilines is 1. The van der Waals surface area contributed by atoms with Crippen LogP contribution >= 0.6 is 0 Å². The molecule has 0 spiro atoms. The van der Waals surface area contributed by atoms with E-state index in [1.165, 1.54) is 6.07 Å². The number of hydrogen-bond donors (Lipinski definition) is 2. The van der Waals surface area contributed by atoms with Gasteiger partial charge in [-0.15, -0.1) is 0 Å². The van der Waals surface area contributed by atoms with Gasteiger partial charge in [0.1, 0.15) is 5.82 Å². The van der Waals surface area contributed by atoms with Crippen molar-refractivity contribution in [1.82, 2.24) is 0 Å². The summed E-state index contributed by atoms with van der Waals surface area (Å²) in [6.45, 7) is 0. The summed E-state index contributed by atoms with van der Waals surface area (Å²) in [4.78, 5) is 35.4. The van der Waals surface area contributed by atoms with E-state index >= 15 is 0 Å². The highest BCUT2D eigenvalue weighted by molar-refractivity contribution is 6.02. The molecule has 6 nitrogen and oxygen atoms in total. The lowest BCUT2D eigenvalue weighted by atomic mass is 9.95. The molecular weight excluding hydrogens is 329 g/mol. The van der Waals surface area contributed by atoms with Crippen LogP contribution in [0.5, 0.6) is 0 Å². The summed E-state index contributed by atoms with van der Waals surface area (Å²) in [5.74, 6) is -4.27. The van der Waals surface area contributed by atoms with Gasteiger partial charge < -0.3 is 15.2 Å². The molecule has 0 aliphatic rings. The molecule has 0 bridgehead atoms. The number of nitrogens with one attached hydrogen (secondary N) is 1. The molecule has 0 heterocycles. The maximum Gasteiger partial charge on any atom is 0.339 e. The monoisotopic (exact) mass is 345 g/mol. The van der Waals surface area contributed by atoms with Gasteiger partial charge in [-0.05, 0) is 23.8 Å². The molecule has 0 aliphatic carbocycles. The van der Waals surface area contributed by atoms with Crippen LogP contribution in [0.3, 0.4) is 0 Å². The van der Waals surface area contributed by atoms with Crippen molar-refractivity contribution < 1.29 is 28.6 Å². The van der Waals surface area contributed by atoms with Crippen molar-refractivity contribution in [1.29, 1.82) is 0 Å². The minimum atomic E-state index is -1.16. The van der Waals surface area contributed by atoms with Crippen LogP contribution in [0.15, 0.2) is 48.5 Å². The number of amides is 1. The van der Waals surface area contributed by atoms with Crippen LogP contribution in [0.1, 0.15) is 28.3 Å². The van der Waals surface area contributed by atoms with Crippen molar-refractivity contribution in [2.45, 2.75) is 12.3 Å². The molecule has 1 amide bonds. The zero-order chi connectivity index (χ0) is 18.4. The molecule has 130 valence electrons. The summed E-state index contributed by atoms with van der Waals surface area (Å²) < 4.78 is 18.0. The van der Waals surface area contributed by atoms with E-state index in [0.717, 1.165) is 19.2 Å². The zero-order valence-electron chi connectivity index (χ0n) is 13.4. The number of aliphatic carboxylic acids is 1. The number of halogens is 1. The van der Waals surface area contributed by atoms with E-state index in [2.05, 4.69) is 10.1 Å². The summed E-state index contributed by atoms with van der Waals surface area (Å²) in [5.41, 5.74) is 0.371. The number of esters is 1. The normalized spacial score (nSPS) is 11.4. The van der Waals surface area contributed by atoms with Crippen molar-refractivity contribution in [3.63, 3.8) is 0 Å². The molecule has 0 saturated heterocycles. The molecule has 2 N–H and O–H groups in total. The second kappa shape index (κ2) is 8.05. The molecule has 0 fully saturated rings. The minimum Gasteiger partial charge on any atom is -0.481 e. The van der Waals surface area contributed by atoms with Crippen LogP contribution in [0.25, 0.3) is 0 Å². The molecule has 2 rings (SSSR count). The van der Waals surface area contributed by atoms with Gasteiger partial charge >= 0.3 is 11.9 Å². The van der Waals surface area contributed by atoms with Gasteiger partial charge in [-0.3, -0.25) is 9.59 Å². The molecule has 1 atom stereocenters. The summed E-state index contributed by atoms with van der Waals surface area (Å²) in [5, 5.41) is 11.7. The van der Waals surface area contributed by atoms with Crippen molar-refractivity contribution in [3.05, 3.63) is 65.5 Å². The van der Waals surface area contributed by atoms with Crippen LogP contribution < -0.4 is 5.32 Å². The fourth-order valence-electron chi connectivity index (χ4n) is 2.33. The van der Waals surface area contributed by atoms with E-state index in [9.17, 15) is 23.9 Å². The van der Waals surface area contributed by atoms with Gasteiger partial charge in [0.25, 0.3) is 0 Å². The number of benzene rings is 2. The SMILES string of the molecule is COC(=O)c1ccc(F)cc1NC(=O)C[C@H](C(=O)O)c1ccccc1. The lowest BCUT2D eigenvalue weighted by Crippen LogP contribution is -2.22. The number of ether oxygens (including phenoxy) is 1. The molecule has 0 aromatic heterocycles. The third-order valence-electron chi connectivity index (χ3n) is 3.55. The number of carboxylic acids is 1. The summed E-state index contributed by atoms with van der Waals surface area (Å²) >= 11 is 0. The smallest absolute Gasteiger partial charge is 0.339 e. The van der Waals surface area contributed by atoms with Gasteiger partial charge in [0.05, 0.1) is 24.3 Å². The first-order valence-electron chi connectivity index (χ1n) is 7.38. The Morgan fingerprint density at radius 3 is 2.44 bits per heavy atom. The molecule has 25 heavy (non-hydrogen) atoms. The number of carboxylic acid groups (broad SMARTS) is 1. The number of carbonyl (C=O) groups excluding carboxylic acids is 2. The van der Waals surface area contributed by atoms with Crippen molar-refractivity contribution >= 4 is 23.5 Å². The van der Waals surface area contributed by atoms with E-state index in [1.54, 1.807) is 30.3 Å². The lowest BCUT2D eigenvalue weighted by molar-refractivity contribution is -0.140. The average molecular weight is 345 g/mol. The summed E-state index contributed by atoms with van der Waals surface area (Å²) in [6.07, 6.45) is -0.365. The highest BCUT2D eigenvalue weighted by atomic mass is 19.1. The van der Waals surface area contributed by atoms with E-state index < -0.39 is 29.6 Å². The Morgan fingerprint density at radius 2 is 1.84 bits per heavy atom. The predicted octanol–water partition coefficient (Wildman–Crippen LogP) is 2.81. The van der Waals surface area contributed by atoms with Crippen LogP contribution in [0, 0.1) is 5.82 Å². The molecule has 7 heteroatoms. The van der Waals surface area contributed by atoms with Crippen molar-refractivity contribution in [2.24, 2.45) is 0 Å². The number of methoxy groups -OCH3 is 1. The van der Waals surface area contributed by atoms with E-state index in [0.29, 0.717) is 5.56 Å². The van der Waals surface area contributed by atoms with Crippen LogP contribution in [0.2, 0.25) is 0 Å². The first kappa shape index (κ1) is 18.1. The van der Waals surface area contributed by atoms with E-state index in [-0.39, 0.29) is 17.7 Å². The molecule has 2 aromatic rings. The Labute approximate surface area is 143 Å². The Hall–Kier alpha value is -3.22. The van der Waals surface area contributed by atoms with Gasteiger partial charge in [0.2, 0.25) is 5.91 Å². The molecule has 0 aliphatic heterocycles. The van der Waals surface area contributed by atoms with Crippen LogP contribution in [0.4, 0.5) is 10.1 Å². The maximum absolute atomic E-state index is 13.4. The van der Waals surface area contributed by atoms with Gasteiger partial charge in [-0.25, -0.2) is 9.18 Å². The second-order valence-corrected chi connectivity index (χ2v) is 5.24. The maximum atomic E-state index is 13.4. The highest BCUT2D eigenvalue weighted by Gasteiger charge is 2.24.